The summed E-state index contributed by atoms with van der Waals surface area (Å²) in [6, 6.07) is 7.42. The first-order valence-corrected chi connectivity index (χ1v) is 9.24. The van der Waals surface area contributed by atoms with E-state index in [0.29, 0.717) is 44.4 Å². The standard InChI is InChI=1S/C18H26ClN3O3/c19-16-4-2-1-3-15(16)17(23)13-20-5-7-21(8-6-20)14-18(24)22-9-11-25-12-10-22/h1-4,17,23H,5-14H2/t17-/m1/s1. The lowest BCUT2D eigenvalue weighted by Crippen LogP contribution is -2.52. The number of rotatable bonds is 5. The molecule has 1 aromatic carbocycles. The van der Waals surface area contributed by atoms with Gasteiger partial charge < -0.3 is 14.7 Å². The second-order valence-electron chi connectivity index (χ2n) is 6.61. The molecule has 2 heterocycles. The third-order valence-corrected chi connectivity index (χ3v) is 5.23. The Bertz CT molecular complexity index is 572. The summed E-state index contributed by atoms with van der Waals surface area (Å²) >= 11 is 6.15. The molecular formula is C18H26ClN3O3. The number of hydrogen-bond acceptors (Lipinski definition) is 5. The highest BCUT2D eigenvalue weighted by Gasteiger charge is 2.24. The number of aliphatic hydroxyl groups excluding tert-OH is 1. The summed E-state index contributed by atoms with van der Waals surface area (Å²) in [5.74, 6) is 0.188. The Kier molecular flexibility index (Phi) is 6.67. The molecule has 6 nitrogen and oxygen atoms in total. The Morgan fingerprint density at radius 2 is 1.72 bits per heavy atom. The minimum absolute atomic E-state index is 0.188. The normalized spacial score (nSPS) is 21.3. The quantitative estimate of drug-likeness (QED) is 0.836. The molecule has 2 fully saturated rings. The Morgan fingerprint density at radius 3 is 2.40 bits per heavy atom. The molecule has 2 aliphatic heterocycles. The molecule has 0 aromatic heterocycles. The minimum Gasteiger partial charge on any atom is -0.387 e. The van der Waals surface area contributed by atoms with Gasteiger partial charge in [-0.1, -0.05) is 29.8 Å². The highest BCUT2D eigenvalue weighted by atomic mass is 35.5. The van der Waals surface area contributed by atoms with Gasteiger partial charge in [0.2, 0.25) is 5.91 Å². The van der Waals surface area contributed by atoms with Crippen LogP contribution in [0, 0.1) is 0 Å². The summed E-state index contributed by atoms with van der Waals surface area (Å²) in [5, 5.41) is 11.0. The van der Waals surface area contributed by atoms with Crippen molar-refractivity contribution in [2.24, 2.45) is 0 Å². The average molecular weight is 368 g/mol. The van der Waals surface area contributed by atoms with Crippen molar-refractivity contribution in [3.63, 3.8) is 0 Å². The van der Waals surface area contributed by atoms with Gasteiger partial charge in [0.25, 0.3) is 0 Å². The van der Waals surface area contributed by atoms with Gasteiger partial charge in [-0.3, -0.25) is 14.6 Å². The summed E-state index contributed by atoms with van der Waals surface area (Å²) in [5.41, 5.74) is 0.772. The summed E-state index contributed by atoms with van der Waals surface area (Å²) in [7, 11) is 0. The van der Waals surface area contributed by atoms with Crippen LogP contribution in [-0.2, 0) is 9.53 Å². The number of β-amino-alcohol motifs (C(OH)–C–C–N with tert-alkyl or cyclic N) is 1. The van der Waals surface area contributed by atoms with Crippen LogP contribution in [-0.4, -0.2) is 91.3 Å². The largest absolute Gasteiger partial charge is 0.387 e. The SMILES string of the molecule is O=C(CN1CCN(C[C@@H](O)c2ccccc2Cl)CC1)N1CCOCC1. The van der Waals surface area contributed by atoms with E-state index in [1.807, 2.05) is 23.1 Å². The van der Waals surface area contributed by atoms with Crippen molar-refractivity contribution in [2.75, 3.05) is 65.6 Å². The van der Waals surface area contributed by atoms with Crippen LogP contribution in [0.1, 0.15) is 11.7 Å². The van der Waals surface area contributed by atoms with Gasteiger partial charge in [0.05, 0.1) is 25.9 Å². The summed E-state index contributed by atoms with van der Waals surface area (Å²) in [6.45, 7) is 7.08. The van der Waals surface area contributed by atoms with Gasteiger partial charge in [-0.15, -0.1) is 0 Å². The maximum Gasteiger partial charge on any atom is 0.236 e. The maximum atomic E-state index is 12.3. The summed E-state index contributed by atoms with van der Waals surface area (Å²) in [6.07, 6.45) is -0.588. The summed E-state index contributed by atoms with van der Waals surface area (Å²) < 4.78 is 5.29. The first kappa shape index (κ1) is 18.6. The number of aliphatic hydroxyl groups is 1. The molecular weight excluding hydrogens is 342 g/mol. The van der Waals surface area contributed by atoms with Crippen LogP contribution < -0.4 is 0 Å². The van der Waals surface area contributed by atoms with Gasteiger partial charge in [0, 0.05) is 56.4 Å². The molecule has 2 saturated heterocycles. The smallest absolute Gasteiger partial charge is 0.236 e. The molecule has 0 saturated carbocycles. The number of piperazine rings is 1. The number of ether oxygens (including phenoxy) is 1. The van der Waals surface area contributed by atoms with Crippen LogP contribution >= 0.6 is 11.6 Å². The first-order chi connectivity index (χ1) is 12.1. The van der Waals surface area contributed by atoms with Crippen LogP contribution in [0.4, 0.5) is 0 Å². The third kappa shape index (κ3) is 5.15. The van der Waals surface area contributed by atoms with E-state index >= 15 is 0 Å². The molecule has 0 unspecified atom stereocenters. The number of nitrogens with zero attached hydrogens (tertiary/aromatic N) is 3. The van der Waals surface area contributed by atoms with Crippen LogP contribution in [0.15, 0.2) is 24.3 Å². The van der Waals surface area contributed by atoms with Gasteiger partial charge in [-0.05, 0) is 6.07 Å². The van der Waals surface area contributed by atoms with Crippen molar-refractivity contribution < 1.29 is 14.6 Å². The molecule has 1 amide bonds. The van der Waals surface area contributed by atoms with Crippen molar-refractivity contribution in [2.45, 2.75) is 6.10 Å². The molecule has 3 rings (SSSR count). The molecule has 25 heavy (non-hydrogen) atoms. The second-order valence-corrected chi connectivity index (χ2v) is 7.01. The maximum absolute atomic E-state index is 12.3. The molecule has 7 heteroatoms. The van der Waals surface area contributed by atoms with Crippen LogP contribution in [0.5, 0.6) is 0 Å². The molecule has 2 aliphatic rings. The first-order valence-electron chi connectivity index (χ1n) is 8.86. The molecule has 0 bridgehead atoms. The van der Waals surface area contributed by atoms with Crippen LogP contribution in [0.3, 0.4) is 0 Å². The van der Waals surface area contributed by atoms with E-state index in [4.69, 9.17) is 16.3 Å². The highest BCUT2D eigenvalue weighted by Crippen LogP contribution is 2.23. The Labute approximate surface area is 153 Å². The number of amides is 1. The van der Waals surface area contributed by atoms with E-state index in [2.05, 4.69) is 9.80 Å². The van der Waals surface area contributed by atoms with Crippen molar-refractivity contribution >= 4 is 17.5 Å². The zero-order valence-electron chi connectivity index (χ0n) is 14.4. The lowest BCUT2D eigenvalue weighted by molar-refractivity contribution is -0.136. The Hall–Kier alpha value is -1.18. The number of hydrogen-bond donors (Lipinski definition) is 1. The third-order valence-electron chi connectivity index (χ3n) is 4.88. The zero-order valence-corrected chi connectivity index (χ0v) is 15.2. The fourth-order valence-electron chi connectivity index (χ4n) is 3.32. The lowest BCUT2D eigenvalue weighted by atomic mass is 10.1. The number of carbonyl (C=O) groups excluding carboxylic acids is 1. The Morgan fingerprint density at radius 1 is 1.08 bits per heavy atom. The molecule has 0 spiro atoms. The fraction of sp³-hybridized carbons (Fsp3) is 0.611. The molecule has 0 radical (unpaired) electrons. The van der Waals surface area contributed by atoms with Crippen molar-refractivity contribution in [1.29, 1.82) is 0 Å². The fourth-order valence-corrected chi connectivity index (χ4v) is 3.58. The van der Waals surface area contributed by atoms with Gasteiger partial charge >= 0.3 is 0 Å². The van der Waals surface area contributed by atoms with E-state index in [1.165, 1.54) is 0 Å². The average Bonchev–Trinajstić information content (AvgIpc) is 2.64. The van der Waals surface area contributed by atoms with Gasteiger partial charge in [0.15, 0.2) is 0 Å². The number of carbonyl (C=O) groups is 1. The zero-order chi connectivity index (χ0) is 17.6. The van der Waals surface area contributed by atoms with Crippen molar-refractivity contribution in [1.82, 2.24) is 14.7 Å². The predicted octanol–water partition coefficient (Wildman–Crippen LogP) is 0.850. The van der Waals surface area contributed by atoms with E-state index in [0.717, 1.165) is 31.7 Å². The molecule has 138 valence electrons. The number of benzene rings is 1. The van der Waals surface area contributed by atoms with E-state index < -0.39 is 6.10 Å². The molecule has 0 aliphatic carbocycles. The second kappa shape index (κ2) is 8.96. The summed E-state index contributed by atoms with van der Waals surface area (Å²) in [4.78, 5) is 18.6. The Balaban J connectivity index is 1.42. The monoisotopic (exact) mass is 367 g/mol. The predicted molar refractivity (Wildman–Crippen MR) is 96.7 cm³/mol. The van der Waals surface area contributed by atoms with Crippen LogP contribution in [0.2, 0.25) is 5.02 Å². The molecule has 1 aromatic rings. The number of halogens is 1. The molecule has 1 atom stereocenters. The van der Waals surface area contributed by atoms with Crippen LogP contribution in [0.25, 0.3) is 0 Å². The topological polar surface area (TPSA) is 56.2 Å². The molecule has 1 N–H and O–H groups in total. The van der Waals surface area contributed by atoms with Gasteiger partial charge in [-0.25, -0.2) is 0 Å². The lowest BCUT2D eigenvalue weighted by Gasteiger charge is -2.36. The van der Waals surface area contributed by atoms with Gasteiger partial charge in [0.1, 0.15) is 0 Å². The minimum atomic E-state index is -0.588. The van der Waals surface area contributed by atoms with E-state index in [9.17, 15) is 9.90 Å². The van der Waals surface area contributed by atoms with E-state index in [-0.39, 0.29) is 5.91 Å². The number of morpholine rings is 1. The highest BCUT2D eigenvalue weighted by molar-refractivity contribution is 6.31. The van der Waals surface area contributed by atoms with Crippen molar-refractivity contribution in [3.05, 3.63) is 34.9 Å². The van der Waals surface area contributed by atoms with Gasteiger partial charge in [-0.2, -0.15) is 0 Å². The van der Waals surface area contributed by atoms with E-state index in [1.54, 1.807) is 6.07 Å². The van der Waals surface area contributed by atoms with Crippen molar-refractivity contribution in [3.8, 4) is 0 Å².